The summed E-state index contributed by atoms with van der Waals surface area (Å²) in [5, 5.41) is 0.671. The Hall–Kier alpha value is -2.07. The third-order valence-corrected chi connectivity index (χ3v) is 5.74. The zero-order valence-electron chi connectivity index (χ0n) is 14.9. The molecule has 2 aliphatic heterocycles. The van der Waals surface area contributed by atoms with Crippen LogP contribution in [0.4, 0.5) is 5.69 Å². The van der Waals surface area contributed by atoms with Gasteiger partial charge < -0.3 is 9.80 Å². The fourth-order valence-electron chi connectivity index (χ4n) is 4.08. The highest BCUT2D eigenvalue weighted by Gasteiger charge is 2.30. The molecule has 0 radical (unpaired) electrons. The van der Waals surface area contributed by atoms with Gasteiger partial charge in [-0.2, -0.15) is 0 Å². The van der Waals surface area contributed by atoms with Crippen molar-refractivity contribution in [2.75, 3.05) is 24.5 Å². The zero-order chi connectivity index (χ0) is 17.9. The Morgan fingerprint density at radius 2 is 1.85 bits per heavy atom. The topological polar surface area (TPSA) is 36.4 Å². The molecule has 0 aliphatic carbocycles. The van der Waals surface area contributed by atoms with E-state index >= 15 is 0 Å². The van der Waals surface area contributed by atoms with E-state index in [-0.39, 0.29) is 11.9 Å². The van der Waals surface area contributed by atoms with E-state index in [0.29, 0.717) is 10.6 Å². The Labute approximate surface area is 159 Å². The van der Waals surface area contributed by atoms with Crippen LogP contribution in [0.3, 0.4) is 0 Å². The van der Waals surface area contributed by atoms with Gasteiger partial charge in [0.25, 0.3) is 5.91 Å². The lowest BCUT2D eigenvalue weighted by atomic mass is 9.97. The Bertz CT molecular complexity index is 774. The summed E-state index contributed by atoms with van der Waals surface area (Å²) in [6.07, 6.45) is 7.33. The van der Waals surface area contributed by atoms with Crippen molar-refractivity contribution in [1.82, 2.24) is 9.88 Å². The van der Waals surface area contributed by atoms with Crippen LogP contribution < -0.4 is 4.90 Å². The van der Waals surface area contributed by atoms with Crippen molar-refractivity contribution in [1.29, 1.82) is 0 Å². The van der Waals surface area contributed by atoms with Crippen LogP contribution >= 0.6 is 11.6 Å². The van der Waals surface area contributed by atoms with Crippen LogP contribution in [-0.2, 0) is 0 Å². The van der Waals surface area contributed by atoms with E-state index in [1.165, 1.54) is 12.8 Å². The number of aromatic nitrogens is 1. The first-order valence-electron chi connectivity index (χ1n) is 9.50. The van der Waals surface area contributed by atoms with Crippen molar-refractivity contribution in [3.05, 3.63) is 58.9 Å². The number of amides is 1. The maximum atomic E-state index is 13.2. The van der Waals surface area contributed by atoms with Gasteiger partial charge in [0.15, 0.2) is 0 Å². The molecule has 0 saturated carbocycles. The van der Waals surface area contributed by atoms with Crippen molar-refractivity contribution in [3.63, 3.8) is 0 Å². The SMILES string of the molecule is O=C(c1ccc(N2CCCC2)c(Cl)c1)N1CCCC[C@H]1c1ccccn1. The fourth-order valence-corrected chi connectivity index (χ4v) is 4.38. The van der Waals surface area contributed by atoms with Gasteiger partial charge in [0.05, 0.1) is 22.4 Å². The molecule has 1 aromatic heterocycles. The number of halogens is 1. The van der Waals surface area contributed by atoms with E-state index in [2.05, 4.69) is 9.88 Å². The Kier molecular flexibility index (Phi) is 5.11. The summed E-state index contributed by atoms with van der Waals surface area (Å²) in [7, 11) is 0. The summed E-state index contributed by atoms with van der Waals surface area (Å²) in [4.78, 5) is 21.9. The highest BCUT2D eigenvalue weighted by Crippen LogP contribution is 2.33. The molecule has 4 rings (SSSR count). The van der Waals surface area contributed by atoms with E-state index in [0.717, 1.165) is 50.3 Å². The number of carbonyl (C=O) groups excluding carboxylic acids is 1. The second-order valence-electron chi connectivity index (χ2n) is 7.13. The molecule has 2 aromatic rings. The van der Waals surface area contributed by atoms with Gasteiger partial charge in [-0.3, -0.25) is 9.78 Å². The lowest BCUT2D eigenvalue weighted by Crippen LogP contribution is -2.38. The van der Waals surface area contributed by atoms with Crippen LogP contribution in [-0.4, -0.2) is 35.4 Å². The van der Waals surface area contributed by atoms with E-state index in [1.54, 1.807) is 6.20 Å². The molecule has 136 valence electrons. The van der Waals surface area contributed by atoms with Gasteiger partial charge in [-0.25, -0.2) is 0 Å². The predicted octanol–water partition coefficient (Wildman–Crippen LogP) is 4.70. The number of likely N-dealkylation sites (tertiary alicyclic amines) is 1. The van der Waals surface area contributed by atoms with Crippen molar-refractivity contribution >= 4 is 23.2 Å². The summed E-state index contributed by atoms with van der Waals surface area (Å²) in [6, 6.07) is 11.7. The van der Waals surface area contributed by atoms with Crippen LogP contribution in [0, 0.1) is 0 Å². The van der Waals surface area contributed by atoms with Crippen molar-refractivity contribution in [2.24, 2.45) is 0 Å². The van der Waals surface area contributed by atoms with Crippen LogP contribution in [0.5, 0.6) is 0 Å². The number of benzene rings is 1. The van der Waals surface area contributed by atoms with Crippen LogP contribution in [0.2, 0.25) is 5.02 Å². The minimum atomic E-state index is 0.0504. The summed E-state index contributed by atoms with van der Waals surface area (Å²) in [5.74, 6) is 0.0511. The molecule has 5 heteroatoms. The fraction of sp³-hybridized carbons (Fsp3) is 0.429. The molecule has 2 saturated heterocycles. The molecule has 26 heavy (non-hydrogen) atoms. The molecule has 1 amide bonds. The molecule has 2 aliphatic rings. The molecular formula is C21H24ClN3O. The lowest BCUT2D eigenvalue weighted by Gasteiger charge is -2.35. The van der Waals surface area contributed by atoms with E-state index < -0.39 is 0 Å². The highest BCUT2D eigenvalue weighted by molar-refractivity contribution is 6.33. The van der Waals surface area contributed by atoms with Crippen molar-refractivity contribution in [3.8, 4) is 0 Å². The Morgan fingerprint density at radius 3 is 2.58 bits per heavy atom. The summed E-state index contributed by atoms with van der Waals surface area (Å²) in [5.41, 5.74) is 2.68. The van der Waals surface area contributed by atoms with Gasteiger partial charge in [-0.05, 0) is 62.4 Å². The second kappa shape index (κ2) is 7.67. The van der Waals surface area contributed by atoms with E-state index in [9.17, 15) is 4.79 Å². The first kappa shape index (κ1) is 17.3. The number of hydrogen-bond acceptors (Lipinski definition) is 3. The second-order valence-corrected chi connectivity index (χ2v) is 7.53. The molecule has 3 heterocycles. The van der Waals surface area contributed by atoms with Gasteiger partial charge in [0.2, 0.25) is 0 Å². The lowest BCUT2D eigenvalue weighted by molar-refractivity contribution is 0.0606. The molecule has 0 N–H and O–H groups in total. The number of carbonyl (C=O) groups is 1. The maximum Gasteiger partial charge on any atom is 0.254 e. The summed E-state index contributed by atoms with van der Waals surface area (Å²) >= 11 is 6.52. The van der Waals surface area contributed by atoms with Gasteiger partial charge in [-0.15, -0.1) is 0 Å². The van der Waals surface area contributed by atoms with Crippen molar-refractivity contribution in [2.45, 2.75) is 38.1 Å². The first-order valence-corrected chi connectivity index (χ1v) is 9.88. The smallest absolute Gasteiger partial charge is 0.254 e. The number of rotatable bonds is 3. The highest BCUT2D eigenvalue weighted by atomic mass is 35.5. The quantitative estimate of drug-likeness (QED) is 0.786. The van der Waals surface area contributed by atoms with Gasteiger partial charge >= 0.3 is 0 Å². The molecule has 0 bridgehead atoms. The molecular weight excluding hydrogens is 346 g/mol. The average molecular weight is 370 g/mol. The number of anilines is 1. The summed E-state index contributed by atoms with van der Waals surface area (Å²) in [6.45, 7) is 2.85. The minimum Gasteiger partial charge on any atom is -0.370 e. The van der Waals surface area contributed by atoms with Crippen LogP contribution in [0.15, 0.2) is 42.6 Å². The minimum absolute atomic E-state index is 0.0504. The molecule has 1 aromatic carbocycles. The average Bonchev–Trinajstić information content (AvgIpc) is 3.22. The third-order valence-electron chi connectivity index (χ3n) is 5.43. The monoisotopic (exact) mass is 369 g/mol. The van der Waals surface area contributed by atoms with Gasteiger partial charge in [0.1, 0.15) is 0 Å². The Balaban J connectivity index is 1.58. The largest absolute Gasteiger partial charge is 0.370 e. The zero-order valence-corrected chi connectivity index (χ0v) is 15.7. The first-order chi connectivity index (χ1) is 12.7. The standard InChI is InChI=1S/C21H24ClN3O/c22-17-15-16(9-10-19(17)24-12-5-6-13-24)21(26)25-14-4-2-8-20(25)18-7-1-3-11-23-18/h1,3,7,9-11,15,20H,2,4-6,8,12-14H2/t20-/m0/s1. The molecule has 4 nitrogen and oxygen atoms in total. The number of nitrogens with zero attached hydrogens (tertiary/aromatic N) is 3. The van der Waals surface area contributed by atoms with Crippen LogP contribution in [0.25, 0.3) is 0 Å². The normalized spacial score (nSPS) is 20.4. The predicted molar refractivity (Wildman–Crippen MR) is 105 cm³/mol. The maximum absolute atomic E-state index is 13.2. The number of hydrogen-bond donors (Lipinski definition) is 0. The number of piperidine rings is 1. The number of pyridine rings is 1. The van der Waals surface area contributed by atoms with Crippen molar-refractivity contribution < 1.29 is 4.79 Å². The third kappa shape index (κ3) is 3.43. The molecule has 1 atom stereocenters. The molecule has 2 fully saturated rings. The van der Waals surface area contributed by atoms with E-state index in [1.807, 2.05) is 41.3 Å². The van der Waals surface area contributed by atoms with E-state index in [4.69, 9.17) is 11.6 Å². The Morgan fingerprint density at radius 1 is 1.04 bits per heavy atom. The summed E-state index contributed by atoms with van der Waals surface area (Å²) < 4.78 is 0. The van der Waals surface area contributed by atoms with Gasteiger partial charge in [0, 0.05) is 31.4 Å². The van der Waals surface area contributed by atoms with Crippen LogP contribution in [0.1, 0.15) is 54.2 Å². The van der Waals surface area contributed by atoms with Gasteiger partial charge in [-0.1, -0.05) is 17.7 Å². The molecule has 0 unspecified atom stereocenters. The molecule has 0 spiro atoms.